The van der Waals surface area contributed by atoms with Gasteiger partial charge in [0.2, 0.25) is 6.71 Å². The molecule has 21 heavy (non-hydrogen) atoms. The van der Waals surface area contributed by atoms with E-state index < -0.39 is 0 Å². The van der Waals surface area contributed by atoms with Crippen molar-refractivity contribution in [2.24, 2.45) is 5.73 Å². The minimum Gasteiger partial charge on any atom is -0.331 e. The minimum atomic E-state index is 0.200. The summed E-state index contributed by atoms with van der Waals surface area (Å²) in [6, 6.07) is 12.5. The smallest absolute Gasteiger partial charge is 0.213 e. The first-order valence-electron chi connectivity index (χ1n) is 7.16. The molecule has 2 N–H and O–H groups in total. The topological polar surface area (TPSA) is 26.0 Å². The Balaban J connectivity index is 2.51. The molecule has 0 bridgehead atoms. The summed E-state index contributed by atoms with van der Waals surface area (Å²) >= 11 is 12.6. The van der Waals surface area contributed by atoms with Crippen molar-refractivity contribution in [3.05, 3.63) is 57.6 Å². The number of hydrogen-bond donors (Lipinski definition) is 1. The summed E-state index contributed by atoms with van der Waals surface area (Å²) in [5.74, 6) is 0.308. The van der Waals surface area contributed by atoms with Crippen LogP contribution in [0.25, 0.3) is 0 Å². The maximum Gasteiger partial charge on any atom is 0.213 e. The van der Waals surface area contributed by atoms with Crippen LogP contribution in [0.3, 0.4) is 0 Å². The van der Waals surface area contributed by atoms with E-state index in [2.05, 4.69) is 31.2 Å². The first kappa shape index (κ1) is 16.4. The number of aryl methyl sites for hydroxylation is 2. The third kappa shape index (κ3) is 3.63. The van der Waals surface area contributed by atoms with Crippen molar-refractivity contribution >= 4 is 40.8 Å². The molecule has 2 aromatic rings. The summed E-state index contributed by atoms with van der Waals surface area (Å²) in [6.45, 7) is 6.99. The highest BCUT2D eigenvalue weighted by Crippen LogP contribution is 2.18. The lowest BCUT2D eigenvalue weighted by molar-refractivity contribution is 0.911. The van der Waals surface area contributed by atoms with Gasteiger partial charge in [0.25, 0.3) is 0 Å². The molecule has 1 atom stereocenters. The molecule has 1 unspecified atom stereocenters. The molecule has 0 radical (unpaired) electrons. The zero-order chi connectivity index (χ0) is 15.6. The van der Waals surface area contributed by atoms with Crippen molar-refractivity contribution in [1.82, 2.24) is 0 Å². The lowest BCUT2D eigenvalue weighted by Crippen LogP contribution is -2.47. The third-order valence-electron chi connectivity index (χ3n) is 4.05. The molecular weight excluding hydrogens is 300 g/mol. The van der Waals surface area contributed by atoms with Gasteiger partial charge in [0.15, 0.2) is 0 Å². The quantitative estimate of drug-likeness (QED) is 0.857. The van der Waals surface area contributed by atoms with Crippen LogP contribution in [0.5, 0.6) is 0 Å². The molecule has 2 rings (SSSR count). The van der Waals surface area contributed by atoms with Gasteiger partial charge in [-0.3, -0.25) is 0 Å². The van der Waals surface area contributed by atoms with Gasteiger partial charge in [0.05, 0.1) is 0 Å². The zero-order valence-electron chi connectivity index (χ0n) is 12.7. The zero-order valence-corrected chi connectivity index (χ0v) is 14.2. The van der Waals surface area contributed by atoms with E-state index in [0.717, 1.165) is 21.2 Å². The van der Waals surface area contributed by atoms with Crippen LogP contribution < -0.4 is 16.7 Å². The van der Waals surface area contributed by atoms with E-state index >= 15 is 0 Å². The Labute approximate surface area is 137 Å². The lowest BCUT2D eigenvalue weighted by atomic mass is 9.34. The summed E-state index contributed by atoms with van der Waals surface area (Å²) in [4.78, 5) is 0. The van der Waals surface area contributed by atoms with Crippen molar-refractivity contribution < 1.29 is 0 Å². The fourth-order valence-corrected chi connectivity index (χ4v) is 2.97. The van der Waals surface area contributed by atoms with Crippen LogP contribution in [-0.2, 0) is 0 Å². The Morgan fingerprint density at radius 3 is 1.71 bits per heavy atom. The van der Waals surface area contributed by atoms with E-state index in [1.54, 1.807) is 0 Å². The molecule has 110 valence electrons. The molecule has 0 aliphatic carbocycles. The van der Waals surface area contributed by atoms with E-state index in [9.17, 15) is 0 Å². The van der Waals surface area contributed by atoms with E-state index in [1.165, 1.54) is 10.9 Å². The monoisotopic (exact) mass is 319 g/mol. The largest absolute Gasteiger partial charge is 0.331 e. The van der Waals surface area contributed by atoms with Crippen LogP contribution in [0.15, 0.2) is 36.4 Å². The molecule has 0 saturated heterocycles. The minimum absolute atomic E-state index is 0.200. The molecule has 0 spiro atoms. The summed E-state index contributed by atoms with van der Waals surface area (Å²) in [7, 11) is 0. The fourth-order valence-electron chi connectivity index (χ4n) is 2.59. The Bertz CT molecular complexity index is 591. The number of benzene rings is 2. The molecule has 0 fully saturated rings. The third-order valence-corrected chi connectivity index (χ3v) is 4.87. The molecule has 0 saturated carbocycles. The Morgan fingerprint density at radius 2 is 1.38 bits per heavy atom. The number of halogens is 2. The number of nitrogens with two attached hydrogens (primary N) is 1. The van der Waals surface area contributed by atoms with Crippen LogP contribution in [0.2, 0.25) is 15.9 Å². The Hall–Kier alpha value is -0.955. The normalized spacial score (nSPS) is 12.3. The molecule has 0 heterocycles. The first-order valence-corrected chi connectivity index (χ1v) is 7.91. The second kappa shape index (κ2) is 6.87. The average molecular weight is 320 g/mol. The molecule has 0 aliphatic heterocycles. The highest BCUT2D eigenvalue weighted by molar-refractivity contribution is 6.86. The fraction of sp³-hybridized carbons (Fsp3) is 0.294. The SMILES string of the molecule is Cc1ccc(B(c2ccc(C)c(Cl)c2)C(C)CN)cc1Cl. The van der Waals surface area contributed by atoms with Gasteiger partial charge in [-0.1, -0.05) is 65.3 Å². The van der Waals surface area contributed by atoms with Crippen LogP contribution in [-0.4, -0.2) is 13.3 Å². The highest BCUT2D eigenvalue weighted by atomic mass is 35.5. The number of hydrogen-bond acceptors (Lipinski definition) is 1. The molecule has 1 nitrogen and oxygen atoms in total. The Morgan fingerprint density at radius 1 is 0.952 bits per heavy atom. The van der Waals surface area contributed by atoms with Gasteiger partial charge in [-0.25, -0.2) is 0 Å². The van der Waals surface area contributed by atoms with Gasteiger partial charge in [0.1, 0.15) is 0 Å². The molecule has 0 aliphatic rings. The van der Waals surface area contributed by atoms with Crippen molar-refractivity contribution in [2.45, 2.75) is 26.6 Å². The molecule has 2 aromatic carbocycles. The second-order valence-corrected chi connectivity index (χ2v) is 6.52. The van der Waals surface area contributed by atoms with Crippen molar-refractivity contribution in [3.8, 4) is 0 Å². The highest BCUT2D eigenvalue weighted by Gasteiger charge is 2.26. The Kier molecular flexibility index (Phi) is 5.37. The first-order chi connectivity index (χ1) is 9.93. The predicted octanol–water partition coefficient (Wildman–Crippen LogP) is 3.57. The maximum absolute atomic E-state index is 6.29. The summed E-state index contributed by atoms with van der Waals surface area (Å²) in [6.07, 6.45) is 0. The van der Waals surface area contributed by atoms with Crippen LogP contribution in [0.4, 0.5) is 0 Å². The summed E-state index contributed by atoms with van der Waals surface area (Å²) in [5.41, 5.74) is 10.5. The van der Waals surface area contributed by atoms with Gasteiger partial charge in [-0.05, 0) is 49.5 Å². The predicted molar refractivity (Wildman–Crippen MR) is 95.9 cm³/mol. The maximum atomic E-state index is 6.29. The molecular formula is C17H20BCl2N. The lowest BCUT2D eigenvalue weighted by Gasteiger charge is -2.22. The molecule has 0 aromatic heterocycles. The van der Waals surface area contributed by atoms with E-state index in [-0.39, 0.29) is 6.71 Å². The van der Waals surface area contributed by atoms with Crippen molar-refractivity contribution in [3.63, 3.8) is 0 Å². The van der Waals surface area contributed by atoms with E-state index in [0.29, 0.717) is 12.4 Å². The standard InChI is InChI=1S/C17H20BCl2N/c1-11-4-6-14(8-16(11)19)18(13(3)10-21)15-7-5-12(2)17(20)9-15/h4-9,13H,10,21H2,1-3H3. The van der Waals surface area contributed by atoms with Gasteiger partial charge < -0.3 is 5.73 Å². The van der Waals surface area contributed by atoms with Crippen LogP contribution >= 0.6 is 23.2 Å². The molecule has 4 heteroatoms. The second-order valence-electron chi connectivity index (χ2n) is 5.71. The van der Waals surface area contributed by atoms with Gasteiger partial charge in [-0.15, -0.1) is 0 Å². The number of rotatable bonds is 4. The summed E-state index contributed by atoms with van der Waals surface area (Å²) < 4.78 is 0. The van der Waals surface area contributed by atoms with E-state index in [1.807, 2.05) is 26.0 Å². The summed E-state index contributed by atoms with van der Waals surface area (Å²) in [5, 5.41) is 1.58. The average Bonchev–Trinajstić information content (AvgIpc) is 2.46. The van der Waals surface area contributed by atoms with Crippen molar-refractivity contribution in [1.29, 1.82) is 0 Å². The van der Waals surface area contributed by atoms with Gasteiger partial charge in [0, 0.05) is 10.0 Å². The van der Waals surface area contributed by atoms with Crippen molar-refractivity contribution in [2.75, 3.05) is 6.54 Å². The molecule has 0 amide bonds. The van der Waals surface area contributed by atoms with Gasteiger partial charge in [-0.2, -0.15) is 0 Å². The van der Waals surface area contributed by atoms with Crippen LogP contribution in [0, 0.1) is 13.8 Å². The van der Waals surface area contributed by atoms with Gasteiger partial charge >= 0.3 is 0 Å². The van der Waals surface area contributed by atoms with E-state index in [4.69, 9.17) is 28.9 Å². The van der Waals surface area contributed by atoms with Crippen LogP contribution in [0.1, 0.15) is 18.1 Å².